The van der Waals surface area contributed by atoms with Crippen LogP contribution in [0.1, 0.15) is 38.4 Å². The van der Waals surface area contributed by atoms with Gasteiger partial charge < -0.3 is 19.9 Å². The summed E-state index contributed by atoms with van der Waals surface area (Å²) >= 11 is 0. The van der Waals surface area contributed by atoms with E-state index in [4.69, 9.17) is 9.47 Å². The summed E-state index contributed by atoms with van der Waals surface area (Å²) in [6.45, 7) is 6.35. The molecule has 2 N–H and O–H groups in total. The van der Waals surface area contributed by atoms with Crippen LogP contribution in [0.15, 0.2) is 18.2 Å². The van der Waals surface area contributed by atoms with E-state index in [1.807, 2.05) is 18.2 Å². The molecule has 0 saturated heterocycles. The molecule has 0 spiro atoms. The van der Waals surface area contributed by atoms with E-state index in [1.165, 1.54) is 12.8 Å². The summed E-state index contributed by atoms with van der Waals surface area (Å²) in [5.74, 6) is 2.95. The van der Waals surface area contributed by atoms with Gasteiger partial charge in [0.25, 0.3) is 0 Å². The Morgan fingerprint density at radius 2 is 1.95 bits per heavy atom. The van der Waals surface area contributed by atoms with Crippen LogP contribution in [0.2, 0.25) is 0 Å². The number of rotatable bonds is 4. The van der Waals surface area contributed by atoms with Crippen molar-refractivity contribution in [2.24, 2.45) is 11.8 Å². The first-order valence-corrected chi connectivity index (χ1v) is 7.96. The van der Waals surface area contributed by atoms with Crippen LogP contribution in [0.5, 0.6) is 11.5 Å². The largest absolute Gasteiger partial charge is 0.486 e. The minimum Gasteiger partial charge on any atom is -0.486 e. The highest BCUT2D eigenvalue weighted by Crippen LogP contribution is 2.33. The van der Waals surface area contributed by atoms with Crippen molar-refractivity contribution in [3.8, 4) is 11.5 Å². The predicted molar refractivity (Wildman–Crippen MR) is 81.7 cm³/mol. The van der Waals surface area contributed by atoms with Gasteiger partial charge in [0.1, 0.15) is 13.2 Å². The fourth-order valence-electron chi connectivity index (χ4n) is 3.30. The van der Waals surface area contributed by atoms with Crippen molar-refractivity contribution in [2.75, 3.05) is 19.8 Å². The second-order valence-electron chi connectivity index (χ2n) is 6.35. The highest BCUT2D eigenvalue weighted by molar-refractivity contribution is 5.44. The van der Waals surface area contributed by atoms with Crippen LogP contribution in [0, 0.1) is 11.8 Å². The Kier molecular flexibility index (Phi) is 4.36. The molecular weight excluding hydrogens is 266 g/mol. The van der Waals surface area contributed by atoms with Gasteiger partial charge in [0.15, 0.2) is 11.5 Å². The zero-order valence-corrected chi connectivity index (χ0v) is 12.8. The maximum Gasteiger partial charge on any atom is 0.161 e. The fourth-order valence-corrected chi connectivity index (χ4v) is 3.30. The first-order chi connectivity index (χ1) is 10.1. The van der Waals surface area contributed by atoms with Crippen molar-refractivity contribution in [2.45, 2.75) is 38.8 Å². The third kappa shape index (κ3) is 3.16. The standard InChI is InChI=1S/C17H25NO3/c1-11-3-5-14(12(11)2)18-10-15(19)13-4-6-16-17(9-13)21-8-7-20-16/h4,6,9,11-12,14-15,18-19H,3,5,7-8,10H2,1-2H3. The van der Waals surface area contributed by atoms with E-state index in [2.05, 4.69) is 19.2 Å². The van der Waals surface area contributed by atoms with Gasteiger partial charge in [-0.2, -0.15) is 0 Å². The number of hydrogen-bond donors (Lipinski definition) is 2. The number of nitrogens with one attached hydrogen (secondary N) is 1. The highest BCUT2D eigenvalue weighted by Gasteiger charge is 2.29. The summed E-state index contributed by atoms with van der Waals surface area (Å²) in [4.78, 5) is 0. The maximum absolute atomic E-state index is 10.4. The first-order valence-electron chi connectivity index (χ1n) is 7.96. The van der Waals surface area contributed by atoms with E-state index in [1.54, 1.807) is 0 Å². The van der Waals surface area contributed by atoms with E-state index in [0.717, 1.165) is 23.0 Å². The van der Waals surface area contributed by atoms with Gasteiger partial charge in [-0.25, -0.2) is 0 Å². The van der Waals surface area contributed by atoms with E-state index < -0.39 is 6.10 Å². The molecule has 4 atom stereocenters. The monoisotopic (exact) mass is 291 g/mol. The molecule has 4 nitrogen and oxygen atoms in total. The molecule has 0 radical (unpaired) electrons. The molecule has 116 valence electrons. The molecule has 1 aromatic carbocycles. The Labute approximate surface area is 126 Å². The van der Waals surface area contributed by atoms with E-state index in [0.29, 0.717) is 31.7 Å². The van der Waals surface area contributed by atoms with Gasteiger partial charge in [-0.15, -0.1) is 0 Å². The Balaban J connectivity index is 1.59. The van der Waals surface area contributed by atoms with Crippen LogP contribution < -0.4 is 14.8 Å². The Morgan fingerprint density at radius 1 is 1.19 bits per heavy atom. The molecule has 0 aromatic heterocycles. The number of benzene rings is 1. The quantitative estimate of drug-likeness (QED) is 0.895. The molecule has 0 amide bonds. The Bertz CT molecular complexity index is 491. The third-order valence-corrected chi connectivity index (χ3v) is 4.99. The van der Waals surface area contributed by atoms with Gasteiger partial charge in [-0.1, -0.05) is 19.9 Å². The molecule has 1 heterocycles. The lowest BCUT2D eigenvalue weighted by atomic mass is 9.97. The van der Waals surface area contributed by atoms with Gasteiger partial charge in [0, 0.05) is 12.6 Å². The summed E-state index contributed by atoms with van der Waals surface area (Å²) in [6, 6.07) is 6.21. The zero-order valence-electron chi connectivity index (χ0n) is 12.8. The molecule has 0 bridgehead atoms. The summed E-state index contributed by atoms with van der Waals surface area (Å²) in [5.41, 5.74) is 0.880. The van der Waals surface area contributed by atoms with Crippen molar-refractivity contribution < 1.29 is 14.6 Å². The average Bonchev–Trinajstić information content (AvgIpc) is 2.84. The highest BCUT2D eigenvalue weighted by atomic mass is 16.6. The van der Waals surface area contributed by atoms with Crippen molar-refractivity contribution in [1.29, 1.82) is 0 Å². The van der Waals surface area contributed by atoms with Crippen molar-refractivity contribution >= 4 is 0 Å². The van der Waals surface area contributed by atoms with Crippen LogP contribution >= 0.6 is 0 Å². The lowest BCUT2D eigenvalue weighted by Crippen LogP contribution is -2.35. The smallest absolute Gasteiger partial charge is 0.161 e. The predicted octanol–water partition coefficient (Wildman–Crippen LogP) is 2.52. The number of ether oxygens (including phenoxy) is 2. The van der Waals surface area contributed by atoms with Crippen LogP contribution in [-0.4, -0.2) is 30.9 Å². The second kappa shape index (κ2) is 6.24. The number of fused-ring (bicyclic) bond motifs is 1. The molecule has 1 aliphatic carbocycles. The molecule has 1 fully saturated rings. The minimum atomic E-state index is -0.510. The summed E-state index contributed by atoms with van der Waals surface area (Å²) in [5, 5.41) is 13.9. The molecule has 21 heavy (non-hydrogen) atoms. The molecule has 1 aliphatic heterocycles. The summed E-state index contributed by atoms with van der Waals surface area (Å²) < 4.78 is 11.1. The normalized spacial score (nSPS) is 29.4. The third-order valence-electron chi connectivity index (χ3n) is 4.99. The summed E-state index contributed by atoms with van der Waals surface area (Å²) in [7, 11) is 0. The number of aliphatic hydroxyl groups is 1. The number of aliphatic hydroxyl groups excluding tert-OH is 1. The maximum atomic E-state index is 10.4. The van der Waals surface area contributed by atoms with E-state index in [9.17, 15) is 5.11 Å². The van der Waals surface area contributed by atoms with Gasteiger partial charge in [0.05, 0.1) is 6.10 Å². The number of hydrogen-bond acceptors (Lipinski definition) is 4. The summed E-state index contributed by atoms with van der Waals surface area (Å²) in [6.07, 6.45) is 1.97. The van der Waals surface area contributed by atoms with Gasteiger partial charge in [-0.05, 0) is 42.4 Å². The topological polar surface area (TPSA) is 50.7 Å². The van der Waals surface area contributed by atoms with Gasteiger partial charge in [-0.3, -0.25) is 0 Å². The van der Waals surface area contributed by atoms with Crippen molar-refractivity contribution in [3.63, 3.8) is 0 Å². The molecule has 4 unspecified atom stereocenters. The van der Waals surface area contributed by atoms with Crippen molar-refractivity contribution in [3.05, 3.63) is 23.8 Å². The molecule has 4 heteroatoms. The molecular formula is C17H25NO3. The molecule has 2 aliphatic rings. The van der Waals surface area contributed by atoms with E-state index in [-0.39, 0.29) is 0 Å². The van der Waals surface area contributed by atoms with Gasteiger partial charge >= 0.3 is 0 Å². The SMILES string of the molecule is CC1CCC(NCC(O)c2ccc3c(c2)OCCO3)C1C. The van der Waals surface area contributed by atoms with Crippen LogP contribution in [0.25, 0.3) is 0 Å². The molecule has 3 rings (SSSR count). The van der Waals surface area contributed by atoms with Crippen LogP contribution in [-0.2, 0) is 0 Å². The minimum absolute atomic E-state index is 0.510. The Hall–Kier alpha value is -1.26. The average molecular weight is 291 g/mol. The van der Waals surface area contributed by atoms with Crippen LogP contribution in [0.3, 0.4) is 0 Å². The second-order valence-corrected chi connectivity index (χ2v) is 6.35. The molecule has 1 saturated carbocycles. The van der Waals surface area contributed by atoms with E-state index >= 15 is 0 Å². The van der Waals surface area contributed by atoms with Crippen molar-refractivity contribution in [1.82, 2.24) is 5.32 Å². The Morgan fingerprint density at radius 3 is 2.67 bits per heavy atom. The van der Waals surface area contributed by atoms with Gasteiger partial charge in [0.2, 0.25) is 0 Å². The lowest BCUT2D eigenvalue weighted by molar-refractivity contribution is 0.158. The zero-order chi connectivity index (χ0) is 14.8. The van der Waals surface area contributed by atoms with Crippen LogP contribution in [0.4, 0.5) is 0 Å². The first kappa shape index (κ1) is 14.7. The fraction of sp³-hybridized carbons (Fsp3) is 0.647. The molecule has 1 aromatic rings. The lowest BCUT2D eigenvalue weighted by Gasteiger charge is -2.23.